The standard InChI is InChI=1S/C46H28N6/c47-27-38-39(28-48)50-46-37-26-25-34(35-11-8-12-36(44(35)37)45(46)49-38)31-19-17-29(18-20-31)30-21-23-33(24-22-30)52-42-15-6-4-13-40(42)51(32-9-2-1-3-10-32)41-14-5-7-16-43(41)52/h1-15,17-26,43H,16H2. The van der Waals surface area contributed by atoms with E-state index in [2.05, 4.69) is 159 Å². The van der Waals surface area contributed by atoms with Crippen molar-refractivity contribution < 1.29 is 0 Å². The lowest BCUT2D eigenvalue weighted by atomic mass is 9.93. The summed E-state index contributed by atoms with van der Waals surface area (Å²) >= 11 is 0. The fraction of sp³-hybridized carbons (Fsp3) is 0.0435. The molecule has 10 rings (SSSR count). The highest BCUT2D eigenvalue weighted by atomic mass is 15.3. The molecule has 0 radical (unpaired) electrons. The van der Waals surface area contributed by atoms with Gasteiger partial charge in [-0.3, -0.25) is 0 Å². The SMILES string of the molecule is N#Cc1nc2c(nc1C#N)-c1ccc(-c3ccc(-c4ccc(N5c6ccccc6N(c6ccccc6)C6=CC=CCC65)cc4)cc3)c3cccc-2c13. The number of rotatable bonds is 4. The summed E-state index contributed by atoms with van der Waals surface area (Å²) in [5, 5.41) is 21.3. The first-order valence-electron chi connectivity index (χ1n) is 17.3. The highest BCUT2D eigenvalue weighted by Crippen LogP contribution is 2.50. The van der Waals surface area contributed by atoms with E-state index in [4.69, 9.17) is 0 Å². The van der Waals surface area contributed by atoms with Crippen LogP contribution in [0, 0.1) is 22.7 Å². The topological polar surface area (TPSA) is 79.8 Å². The zero-order valence-electron chi connectivity index (χ0n) is 27.9. The maximum Gasteiger partial charge on any atom is 0.177 e. The molecule has 2 aliphatic carbocycles. The van der Waals surface area contributed by atoms with Gasteiger partial charge in [0.2, 0.25) is 0 Å². The maximum absolute atomic E-state index is 9.57. The van der Waals surface area contributed by atoms with E-state index in [1.165, 1.54) is 22.8 Å². The molecule has 3 aliphatic rings. The third-order valence-electron chi connectivity index (χ3n) is 10.4. The van der Waals surface area contributed by atoms with E-state index in [0.717, 1.165) is 56.3 Å². The predicted molar refractivity (Wildman–Crippen MR) is 207 cm³/mol. The van der Waals surface area contributed by atoms with Gasteiger partial charge in [0.1, 0.15) is 12.1 Å². The highest BCUT2D eigenvalue weighted by Gasteiger charge is 2.36. The fourth-order valence-electron chi connectivity index (χ4n) is 8.09. The molecular formula is C46H28N6. The van der Waals surface area contributed by atoms with Crippen LogP contribution in [0.1, 0.15) is 17.8 Å². The predicted octanol–water partition coefficient (Wildman–Crippen LogP) is 10.9. The molecule has 6 nitrogen and oxygen atoms in total. The van der Waals surface area contributed by atoms with E-state index < -0.39 is 0 Å². The van der Waals surface area contributed by atoms with E-state index in [9.17, 15) is 10.5 Å². The number of allylic oxidation sites excluding steroid dienone is 2. The summed E-state index contributed by atoms with van der Waals surface area (Å²) in [7, 11) is 0. The number of nitriles is 2. The van der Waals surface area contributed by atoms with Crippen LogP contribution in [0.25, 0.3) is 55.5 Å². The molecule has 1 aromatic heterocycles. The number of hydrogen-bond acceptors (Lipinski definition) is 6. The van der Waals surface area contributed by atoms with Crippen molar-refractivity contribution in [1.82, 2.24) is 9.97 Å². The second kappa shape index (κ2) is 11.7. The maximum atomic E-state index is 9.57. The molecule has 0 spiro atoms. The van der Waals surface area contributed by atoms with Crippen molar-refractivity contribution in [3.8, 4) is 56.9 Å². The Balaban J connectivity index is 0.982. The van der Waals surface area contributed by atoms with E-state index in [1.807, 2.05) is 24.3 Å². The van der Waals surface area contributed by atoms with Crippen molar-refractivity contribution >= 4 is 33.5 Å². The van der Waals surface area contributed by atoms with Crippen molar-refractivity contribution in [3.63, 3.8) is 0 Å². The molecule has 0 bridgehead atoms. The normalized spacial score (nSPS) is 15.0. The van der Waals surface area contributed by atoms with Crippen LogP contribution in [0.4, 0.5) is 22.7 Å². The third kappa shape index (κ3) is 4.42. The molecule has 0 saturated heterocycles. The van der Waals surface area contributed by atoms with Crippen LogP contribution in [0.15, 0.2) is 157 Å². The summed E-state index contributed by atoms with van der Waals surface area (Å²) in [5.41, 5.74) is 13.8. The van der Waals surface area contributed by atoms with E-state index in [1.54, 1.807) is 0 Å². The zero-order valence-corrected chi connectivity index (χ0v) is 27.9. The first kappa shape index (κ1) is 29.6. The van der Waals surface area contributed by atoms with Crippen molar-refractivity contribution in [2.75, 3.05) is 9.80 Å². The fourth-order valence-corrected chi connectivity index (χ4v) is 8.09. The van der Waals surface area contributed by atoms with E-state index >= 15 is 0 Å². The average Bonchev–Trinajstić information content (AvgIpc) is 3.53. The Kier molecular flexibility index (Phi) is 6.64. The number of aromatic nitrogens is 2. The second-order valence-corrected chi connectivity index (χ2v) is 13.2. The monoisotopic (exact) mass is 664 g/mol. The average molecular weight is 665 g/mol. The molecule has 1 aliphatic heterocycles. The summed E-state index contributed by atoms with van der Waals surface area (Å²) in [6.07, 6.45) is 7.61. The van der Waals surface area contributed by atoms with Gasteiger partial charge in [0.15, 0.2) is 11.4 Å². The van der Waals surface area contributed by atoms with Gasteiger partial charge in [-0.1, -0.05) is 109 Å². The van der Waals surface area contributed by atoms with E-state index in [0.29, 0.717) is 11.4 Å². The molecule has 6 heteroatoms. The minimum atomic E-state index is 0.0538. The first-order valence-corrected chi connectivity index (χ1v) is 17.3. The minimum Gasteiger partial charge on any atom is -0.330 e. The van der Waals surface area contributed by atoms with Crippen molar-refractivity contribution in [3.05, 3.63) is 169 Å². The van der Waals surface area contributed by atoms with Gasteiger partial charge in [-0.2, -0.15) is 10.5 Å². The van der Waals surface area contributed by atoms with Crippen molar-refractivity contribution in [2.24, 2.45) is 0 Å². The Morgan fingerprint density at radius 2 is 1.17 bits per heavy atom. The molecule has 0 N–H and O–H groups in total. The molecule has 242 valence electrons. The van der Waals surface area contributed by atoms with Gasteiger partial charge in [0.05, 0.1) is 28.8 Å². The summed E-state index contributed by atoms with van der Waals surface area (Å²) in [5.74, 6) is 0. The van der Waals surface area contributed by atoms with Gasteiger partial charge >= 0.3 is 0 Å². The Morgan fingerprint density at radius 1 is 0.558 bits per heavy atom. The first-order chi connectivity index (χ1) is 25.7. The second-order valence-electron chi connectivity index (χ2n) is 13.2. The highest BCUT2D eigenvalue weighted by molar-refractivity contribution is 6.17. The molecule has 52 heavy (non-hydrogen) atoms. The number of para-hydroxylation sites is 3. The lowest BCUT2D eigenvalue weighted by molar-refractivity contribution is 0.706. The zero-order chi connectivity index (χ0) is 34.8. The largest absolute Gasteiger partial charge is 0.330 e. The van der Waals surface area contributed by atoms with Gasteiger partial charge in [-0.15, -0.1) is 0 Å². The lowest BCUT2D eigenvalue weighted by Crippen LogP contribution is -2.43. The molecule has 1 unspecified atom stereocenters. The summed E-state index contributed by atoms with van der Waals surface area (Å²) in [6, 6.07) is 51.5. The van der Waals surface area contributed by atoms with Crippen LogP contribution in [0.3, 0.4) is 0 Å². The summed E-state index contributed by atoms with van der Waals surface area (Å²) in [6.45, 7) is 0. The number of benzene rings is 6. The number of anilines is 4. The van der Waals surface area contributed by atoms with Crippen LogP contribution in [-0.2, 0) is 0 Å². The van der Waals surface area contributed by atoms with E-state index in [-0.39, 0.29) is 17.4 Å². The number of fused-ring (bicyclic) bond motifs is 5. The third-order valence-corrected chi connectivity index (χ3v) is 10.4. The van der Waals surface area contributed by atoms with Gasteiger partial charge in [0, 0.05) is 33.6 Å². The molecule has 0 amide bonds. The lowest BCUT2D eigenvalue weighted by Gasteiger charge is -2.47. The summed E-state index contributed by atoms with van der Waals surface area (Å²) in [4.78, 5) is 14.0. The molecule has 6 aromatic carbocycles. The Labute approximate surface area is 301 Å². The number of hydrogen-bond donors (Lipinski definition) is 0. The van der Waals surface area contributed by atoms with Crippen LogP contribution in [-0.4, -0.2) is 16.0 Å². The Hall–Kier alpha value is -7.28. The number of nitrogens with zero attached hydrogens (tertiary/aromatic N) is 6. The molecule has 0 saturated carbocycles. The molecule has 1 atom stereocenters. The quantitative estimate of drug-likeness (QED) is 0.186. The van der Waals surface area contributed by atoms with Gasteiger partial charge in [-0.05, 0) is 76.5 Å². The minimum absolute atomic E-state index is 0.0538. The van der Waals surface area contributed by atoms with Crippen LogP contribution in [0.5, 0.6) is 0 Å². The molecule has 7 aromatic rings. The van der Waals surface area contributed by atoms with Gasteiger partial charge < -0.3 is 9.80 Å². The van der Waals surface area contributed by atoms with Crippen LogP contribution >= 0.6 is 0 Å². The Morgan fingerprint density at radius 3 is 1.88 bits per heavy atom. The van der Waals surface area contributed by atoms with Gasteiger partial charge in [0.25, 0.3) is 0 Å². The van der Waals surface area contributed by atoms with Crippen molar-refractivity contribution in [1.29, 1.82) is 10.5 Å². The van der Waals surface area contributed by atoms with Crippen molar-refractivity contribution in [2.45, 2.75) is 12.5 Å². The van der Waals surface area contributed by atoms with Crippen LogP contribution < -0.4 is 9.80 Å². The molecule has 0 fully saturated rings. The van der Waals surface area contributed by atoms with Gasteiger partial charge in [-0.25, -0.2) is 9.97 Å². The smallest absolute Gasteiger partial charge is 0.177 e. The van der Waals surface area contributed by atoms with Crippen LogP contribution in [0.2, 0.25) is 0 Å². The summed E-state index contributed by atoms with van der Waals surface area (Å²) < 4.78 is 0. The molecule has 2 heterocycles. The molecular weight excluding hydrogens is 637 g/mol. The Bertz CT molecular complexity index is 2680.